The van der Waals surface area contributed by atoms with Crippen molar-refractivity contribution in [3.63, 3.8) is 0 Å². The first-order valence-electron chi connectivity index (χ1n) is 10.2. The lowest BCUT2D eigenvalue weighted by Crippen LogP contribution is -2.25. The molecule has 0 radical (unpaired) electrons. The van der Waals surface area contributed by atoms with Crippen molar-refractivity contribution in [1.82, 2.24) is 9.55 Å². The van der Waals surface area contributed by atoms with Crippen LogP contribution in [0.1, 0.15) is 42.8 Å². The van der Waals surface area contributed by atoms with Crippen LogP contribution in [0.25, 0.3) is 21.3 Å². The third kappa shape index (κ3) is 3.79. The van der Waals surface area contributed by atoms with Crippen LogP contribution in [-0.4, -0.2) is 9.55 Å². The van der Waals surface area contributed by atoms with E-state index >= 15 is 0 Å². The average Bonchev–Trinajstić information content (AvgIpc) is 3.21. The number of nitriles is 1. The molecule has 5 heteroatoms. The molecule has 0 unspecified atom stereocenters. The quantitative estimate of drug-likeness (QED) is 0.416. The molecule has 4 aromatic rings. The molecule has 4 nitrogen and oxygen atoms in total. The molecule has 0 saturated heterocycles. The Hall–Kier alpha value is -3.23. The van der Waals surface area contributed by atoms with Gasteiger partial charge in [-0.3, -0.25) is 9.36 Å². The molecule has 0 aliphatic carbocycles. The van der Waals surface area contributed by atoms with Gasteiger partial charge in [-0.1, -0.05) is 50.2 Å². The Balaban J connectivity index is 1.87. The van der Waals surface area contributed by atoms with E-state index in [0.29, 0.717) is 17.5 Å². The third-order valence-corrected chi connectivity index (χ3v) is 6.19. The maximum absolute atomic E-state index is 13.6. The zero-order chi connectivity index (χ0) is 21.1. The second-order valence-electron chi connectivity index (χ2n) is 7.36. The molecule has 0 fully saturated rings. The highest BCUT2D eigenvalue weighted by Gasteiger charge is 2.17. The number of thiophene rings is 1. The predicted octanol–water partition coefficient (Wildman–Crippen LogP) is 5.56. The molecule has 0 bridgehead atoms. The molecule has 0 atom stereocenters. The first-order valence-corrected chi connectivity index (χ1v) is 11.1. The lowest BCUT2D eigenvalue weighted by atomic mass is 10.0. The monoisotopic (exact) mass is 413 g/mol. The van der Waals surface area contributed by atoms with Gasteiger partial charge in [-0.2, -0.15) is 5.26 Å². The Labute approximate surface area is 180 Å². The SMILES string of the molecule is CCCc1nc2scc(-c3ccc(CC)cc3)c2c(=O)n1Cc1cccc(C#N)c1. The lowest BCUT2D eigenvalue weighted by Gasteiger charge is -2.13. The molecule has 30 heavy (non-hydrogen) atoms. The van der Waals surface area contributed by atoms with Crippen LogP contribution in [0, 0.1) is 11.3 Å². The van der Waals surface area contributed by atoms with Gasteiger partial charge in [-0.25, -0.2) is 4.98 Å². The molecule has 2 aromatic carbocycles. The molecule has 0 saturated carbocycles. The zero-order valence-electron chi connectivity index (χ0n) is 17.2. The second kappa shape index (κ2) is 8.64. The number of hydrogen-bond acceptors (Lipinski definition) is 4. The van der Waals surface area contributed by atoms with Gasteiger partial charge in [0, 0.05) is 17.4 Å². The highest BCUT2D eigenvalue weighted by molar-refractivity contribution is 7.17. The van der Waals surface area contributed by atoms with Crippen LogP contribution in [0.3, 0.4) is 0 Å². The number of aryl methyl sites for hydroxylation is 2. The fourth-order valence-corrected chi connectivity index (χ4v) is 4.65. The summed E-state index contributed by atoms with van der Waals surface area (Å²) in [7, 11) is 0. The smallest absolute Gasteiger partial charge is 0.263 e. The molecule has 2 heterocycles. The third-order valence-electron chi connectivity index (χ3n) is 5.32. The van der Waals surface area contributed by atoms with E-state index in [4.69, 9.17) is 4.98 Å². The highest BCUT2D eigenvalue weighted by atomic mass is 32.1. The van der Waals surface area contributed by atoms with Gasteiger partial charge < -0.3 is 0 Å². The van der Waals surface area contributed by atoms with Crippen LogP contribution in [0.15, 0.2) is 58.7 Å². The van der Waals surface area contributed by atoms with E-state index in [1.54, 1.807) is 10.6 Å². The Morgan fingerprint density at radius 3 is 2.60 bits per heavy atom. The number of benzene rings is 2. The molecular formula is C25H23N3OS. The maximum atomic E-state index is 13.6. The van der Waals surface area contributed by atoms with Gasteiger partial charge in [-0.05, 0) is 41.7 Å². The number of nitrogens with zero attached hydrogens (tertiary/aromatic N) is 3. The summed E-state index contributed by atoms with van der Waals surface area (Å²) in [6, 6.07) is 18.0. The number of aromatic nitrogens is 2. The molecule has 0 amide bonds. The first kappa shape index (κ1) is 20.1. The van der Waals surface area contributed by atoms with Crippen molar-refractivity contribution in [2.75, 3.05) is 0 Å². The van der Waals surface area contributed by atoms with Crippen LogP contribution < -0.4 is 5.56 Å². The van der Waals surface area contributed by atoms with Crippen molar-refractivity contribution >= 4 is 21.6 Å². The fourth-order valence-electron chi connectivity index (χ4n) is 3.70. The van der Waals surface area contributed by atoms with Gasteiger partial charge in [-0.15, -0.1) is 11.3 Å². The van der Waals surface area contributed by atoms with Gasteiger partial charge in [0.25, 0.3) is 5.56 Å². The van der Waals surface area contributed by atoms with Crippen LogP contribution in [-0.2, 0) is 19.4 Å². The largest absolute Gasteiger partial charge is 0.292 e. The van der Waals surface area contributed by atoms with E-state index in [9.17, 15) is 10.1 Å². The fraction of sp³-hybridized carbons (Fsp3) is 0.240. The minimum Gasteiger partial charge on any atom is -0.292 e. The summed E-state index contributed by atoms with van der Waals surface area (Å²) in [5.74, 6) is 0.798. The summed E-state index contributed by atoms with van der Waals surface area (Å²) in [6.07, 6.45) is 2.63. The van der Waals surface area contributed by atoms with Crippen LogP contribution >= 0.6 is 11.3 Å². The van der Waals surface area contributed by atoms with Crippen molar-refractivity contribution in [2.45, 2.75) is 39.7 Å². The van der Waals surface area contributed by atoms with E-state index in [1.807, 2.05) is 23.6 Å². The standard InChI is InChI=1S/C25H23N3OS/c1-3-6-22-27-24-23(21(16-30-24)20-11-9-17(4-2)10-12-20)25(29)28(22)15-19-8-5-7-18(13-19)14-26/h5,7-13,16H,3-4,6,15H2,1-2H3. The molecule has 150 valence electrons. The molecule has 2 aromatic heterocycles. The summed E-state index contributed by atoms with van der Waals surface area (Å²) in [5, 5.41) is 11.9. The summed E-state index contributed by atoms with van der Waals surface area (Å²) in [5.41, 5.74) is 4.77. The normalized spacial score (nSPS) is 11.0. The topological polar surface area (TPSA) is 58.7 Å². The van der Waals surface area contributed by atoms with Crippen molar-refractivity contribution in [2.24, 2.45) is 0 Å². The van der Waals surface area contributed by atoms with Crippen LogP contribution in [0.4, 0.5) is 0 Å². The van der Waals surface area contributed by atoms with Crippen LogP contribution in [0.5, 0.6) is 0 Å². The number of rotatable bonds is 6. The van der Waals surface area contributed by atoms with Crippen molar-refractivity contribution in [3.8, 4) is 17.2 Å². The molecule has 0 aliphatic rings. The zero-order valence-corrected chi connectivity index (χ0v) is 18.0. The van der Waals surface area contributed by atoms with E-state index < -0.39 is 0 Å². The van der Waals surface area contributed by atoms with Gasteiger partial charge in [0.1, 0.15) is 10.7 Å². The summed E-state index contributed by atoms with van der Waals surface area (Å²) in [6.45, 7) is 4.64. The van der Waals surface area contributed by atoms with Crippen molar-refractivity contribution in [3.05, 3.63) is 86.8 Å². The molecular weight excluding hydrogens is 390 g/mol. The van der Waals surface area contributed by atoms with Gasteiger partial charge in [0.15, 0.2) is 0 Å². The highest BCUT2D eigenvalue weighted by Crippen LogP contribution is 2.31. The summed E-state index contributed by atoms with van der Waals surface area (Å²) >= 11 is 1.53. The Morgan fingerprint density at radius 1 is 1.10 bits per heavy atom. The van der Waals surface area contributed by atoms with Crippen molar-refractivity contribution in [1.29, 1.82) is 5.26 Å². The van der Waals surface area contributed by atoms with Crippen LogP contribution in [0.2, 0.25) is 0 Å². The first-order chi connectivity index (χ1) is 14.6. The Bertz CT molecular complexity index is 1290. The molecule has 0 N–H and O–H groups in total. The number of hydrogen-bond donors (Lipinski definition) is 0. The average molecular weight is 414 g/mol. The summed E-state index contributed by atoms with van der Waals surface area (Å²) < 4.78 is 1.78. The molecule has 0 spiro atoms. The lowest BCUT2D eigenvalue weighted by molar-refractivity contribution is 0.666. The van der Waals surface area contributed by atoms with E-state index in [-0.39, 0.29) is 5.56 Å². The molecule has 4 rings (SSSR count). The van der Waals surface area contributed by atoms with E-state index in [1.165, 1.54) is 16.9 Å². The van der Waals surface area contributed by atoms with Crippen molar-refractivity contribution < 1.29 is 0 Å². The maximum Gasteiger partial charge on any atom is 0.263 e. The number of fused-ring (bicyclic) bond motifs is 1. The minimum absolute atomic E-state index is 0.0124. The summed E-state index contributed by atoms with van der Waals surface area (Å²) in [4.78, 5) is 19.3. The molecule has 0 aliphatic heterocycles. The Morgan fingerprint density at radius 2 is 1.90 bits per heavy atom. The van der Waals surface area contributed by atoms with E-state index in [0.717, 1.165) is 46.6 Å². The van der Waals surface area contributed by atoms with Gasteiger partial charge >= 0.3 is 0 Å². The van der Waals surface area contributed by atoms with Gasteiger partial charge in [0.05, 0.1) is 23.6 Å². The van der Waals surface area contributed by atoms with E-state index in [2.05, 4.69) is 44.2 Å². The Kier molecular flexibility index (Phi) is 5.78. The second-order valence-corrected chi connectivity index (χ2v) is 8.22. The van der Waals surface area contributed by atoms with Gasteiger partial charge in [0.2, 0.25) is 0 Å². The minimum atomic E-state index is -0.0124. The predicted molar refractivity (Wildman–Crippen MR) is 123 cm³/mol.